The number of fused-ring (bicyclic) bond motifs is 1. The molecule has 0 bridgehead atoms. The minimum atomic E-state index is -0.369. The summed E-state index contributed by atoms with van der Waals surface area (Å²) in [5.41, 5.74) is 9.84. The van der Waals surface area contributed by atoms with E-state index in [-0.39, 0.29) is 11.8 Å². The van der Waals surface area contributed by atoms with E-state index in [2.05, 4.69) is 16.3 Å². The van der Waals surface area contributed by atoms with Gasteiger partial charge in [-0.05, 0) is 42.3 Å². The molecule has 0 amide bonds. The number of aromatic nitrogens is 2. The molecule has 6 nitrogen and oxygen atoms in total. The lowest BCUT2D eigenvalue weighted by atomic mass is 9.84. The van der Waals surface area contributed by atoms with E-state index in [0.29, 0.717) is 28.8 Å². The van der Waals surface area contributed by atoms with E-state index in [1.165, 1.54) is 0 Å². The summed E-state index contributed by atoms with van der Waals surface area (Å²) in [6.07, 6.45) is 0. The van der Waals surface area contributed by atoms with Crippen molar-refractivity contribution in [3.8, 4) is 17.7 Å². The third-order valence-corrected chi connectivity index (χ3v) is 4.89. The molecule has 7 heteroatoms. The number of H-pyrrole nitrogens is 1. The second kappa shape index (κ2) is 7.29. The Morgan fingerprint density at radius 2 is 2.07 bits per heavy atom. The van der Waals surface area contributed by atoms with Crippen molar-refractivity contribution in [3.63, 3.8) is 0 Å². The van der Waals surface area contributed by atoms with Crippen molar-refractivity contribution < 1.29 is 9.47 Å². The van der Waals surface area contributed by atoms with Gasteiger partial charge in [0, 0.05) is 16.3 Å². The van der Waals surface area contributed by atoms with Gasteiger partial charge in [0.2, 0.25) is 11.8 Å². The molecule has 0 saturated heterocycles. The number of nitrogens with zero attached hydrogens (tertiary/aromatic N) is 2. The van der Waals surface area contributed by atoms with Crippen LogP contribution in [0, 0.1) is 18.3 Å². The summed E-state index contributed by atoms with van der Waals surface area (Å²) in [6.45, 7) is 2.30. The Hall–Kier alpha value is -3.43. The van der Waals surface area contributed by atoms with Gasteiger partial charge in [0.25, 0.3) is 0 Å². The van der Waals surface area contributed by atoms with Crippen LogP contribution < -0.4 is 15.2 Å². The molecule has 1 aromatic heterocycles. The van der Waals surface area contributed by atoms with E-state index < -0.39 is 0 Å². The molecule has 0 spiro atoms. The van der Waals surface area contributed by atoms with E-state index >= 15 is 0 Å². The number of nitrogens with two attached hydrogens (primary N) is 1. The number of aromatic amines is 1. The van der Waals surface area contributed by atoms with Crippen LogP contribution in [-0.2, 0) is 6.61 Å². The van der Waals surface area contributed by atoms with Crippen molar-refractivity contribution in [1.82, 2.24) is 10.2 Å². The zero-order valence-corrected chi connectivity index (χ0v) is 15.8. The van der Waals surface area contributed by atoms with Gasteiger partial charge in [0.1, 0.15) is 24.0 Å². The topological polar surface area (TPSA) is 97.0 Å². The molecule has 0 radical (unpaired) electrons. The van der Waals surface area contributed by atoms with Gasteiger partial charge in [-0.3, -0.25) is 5.10 Å². The van der Waals surface area contributed by atoms with Gasteiger partial charge < -0.3 is 15.2 Å². The first-order chi connectivity index (χ1) is 13.6. The van der Waals surface area contributed by atoms with Crippen LogP contribution in [-0.4, -0.2) is 10.2 Å². The number of rotatable bonds is 4. The first kappa shape index (κ1) is 18.0. The van der Waals surface area contributed by atoms with Gasteiger partial charge in [-0.25, -0.2) is 0 Å². The molecule has 3 aromatic rings. The van der Waals surface area contributed by atoms with Crippen molar-refractivity contribution >= 4 is 11.6 Å². The maximum absolute atomic E-state index is 9.65. The van der Waals surface area contributed by atoms with E-state index in [1.54, 1.807) is 0 Å². The van der Waals surface area contributed by atoms with Crippen molar-refractivity contribution in [2.75, 3.05) is 0 Å². The monoisotopic (exact) mass is 392 g/mol. The molecule has 2 aromatic carbocycles. The molecule has 3 N–H and O–H groups in total. The Morgan fingerprint density at radius 1 is 1.29 bits per heavy atom. The SMILES string of the molecule is Cc1[nH]nc2c1[C@H](c1cccc(OCc3ccc(Cl)cc3)c1)C(C#N)=C(N)O2. The molecular formula is C21H17ClN4O2. The Kier molecular flexibility index (Phi) is 4.68. The quantitative estimate of drug-likeness (QED) is 0.694. The molecule has 0 saturated carbocycles. The molecule has 1 atom stereocenters. The van der Waals surface area contributed by atoms with Crippen LogP contribution in [0.15, 0.2) is 60.0 Å². The molecule has 1 aliphatic rings. The predicted molar refractivity (Wildman–Crippen MR) is 105 cm³/mol. The second-order valence-corrected chi connectivity index (χ2v) is 6.92. The number of nitriles is 1. The summed E-state index contributed by atoms with van der Waals surface area (Å²) in [4.78, 5) is 0. The highest BCUT2D eigenvalue weighted by Crippen LogP contribution is 2.43. The fourth-order valence-corrected chi connectivity index (χ4v) is 3.39. The Morgan fingerprint density at radius 3 is 2.82 bits per heavy atom. The highest BCUT2D eigenvalue weighted by atomic mass is 35.5. The lowest BCUT2D eigenvalue weighted by Crippen LogP contribution is -2.21. The highest BCUT2D eigenvalue weighted by molar-refractivity contribution is 6.30. The maximum Gasteiger partial charge on any atom is 0.244 e. The average molecular weight is 393 g/mol. The number of hydrogen-bond donors (Lipinski definition) is 2. The summed E-state index contributed by atoms with van der Waals surface area (Å²) in [5, 5.41) is 17.4. The smallest absolute Gasteiger partial charge is 0.244 e. The zero-order valence-electron chi connectivity index (χ0n) is 15.1. The lowest BCUT2D eigenvalue weighted by molar-refractivity contribution is 0.306. The van der Waals surface area contributed by atoms with Crippen LogP contribution in [0.1, 0.15) is 28.3 Å². The molecule has 4 rings (SSSR count). The largest absolute Gasteiger partial charge is 0.489 e. The number of benzene rings is 2. The van der Waals surface area contributed by atoms with Gasteiger partial charge in [0.15, 0.2) is 0 Å². The number of halogens is 1. The molecule has 0 aliphatic carbocycles. The Bertz CT molecular complexity index is 1100. The van der Waals surface area contributed by atoms with Gasteiger partial charge in [0.05, 0.1) is 5.92 Å². The zero-order chi connectivity index (χ0) is 19.7. The number of aryl methyl sites for hydroxylation is 1. The summed E-state index contributed by atoms with van der Waals surface area (Å²) in [6, 6.07) is 17.3. The maximum atomic E-state index is 9.65. The minimum Gasteiger partial charge on any atom is -0.489 e. The predicted octanol–water partition coefficient (Wildman–Crippen LogP) is 4.17. The summed E-state index contributed by atoms with van der Waals surface area (Å²) < 4.78 is 11.4. The minimum absolute atomic E-state index is 0.0685. The molecule has 1 aliphatic heterocycles. The van der Waals surface area contributed by atoms with E-state index in [0.717, 1.165) is 22.4 Å². The summed E-state index contributed by atoms with van der Waals surface area (Å²) >= 11 is 5.92. The Labute approximate surface area is 167 Å². The third-order valence-electron chi connectivity index (χ3n) is 4.64. The molecular weight excluding hydrogens is 376 g/mol. The van der Waals surface area contributed by atoms with E-state index in [4.69, 9.17) is 26.8 Å². The van der Waals surface area contributed by atoms with Crippen LogP contribution in [0.4, 0.5) is 0 Å². The van der Waals surface area contributed by atoms with Crippen LogP contribution in [0.2, 0.25) is 5.02 Å². The molecule has 0 fully saturated rings. The second-order valence-electron chi connectivity index (χ2n) is 6.48. The Balaban J connectivity index is 1.66. The number of allylic oxidation sites excluding steroid dienone is 1. The summed E-state index contributed by atoms with van der Waals surface area (Å²) in [7, 11) is 0. The third kappa shape index (κ3) is 3.28. The normalized spacial score (nSPS) is 15.5. The van der Waals surface area contributed by atoms with Crippen molar-refractivity contribution in [1.29, 1.82) is 5.26 Å². The molecule has 2 heterocycles. The average Bonchev–Trinajstić information content (AvgIpc) is 3.07. The summed E-state index contributed by atoms with van der Waals surface area (Å²) in [5.74, 6) is 0.787. The molecule has 140 valence electrons. The molecule has 28 heavy (non-hydrogen) atoms. The van der Waals surface area contributed by atoms with Crippen LogP contribution in [0.5, 0.6) is 11.6 Å². The fraction of sp³-hybridized carbons (Fsp3) is 0.143. The van der Waals surface area contributed by atoms with Crippen LogP contribution in [0.3, 0.4) is 0 Å². The van der Waals surface area contributed by atoms with Crippen molar-refractivity contribution in [2.24, 2.45) is 5.73 Å². The van der Waals surface area contributed by atoms with Gasteiger partial charge in [-0.1, -0.05) is 35.9 Å². The highest BCUT2D eigenvalue weighted by Gasteiger charge is 2.34. The van der Waals surface area contributed by atoms with Gasteiger partial charge >= 0.3 is 0 Å². The van der Waals surface area contributed by atoms with Crippen LogP contribution >= 0.6 is 11.6 Å². The van der Waals surface area contributed by atoms with E-state index in [9.17, 15) is 5.26 Å². The first-order valence-electron chi connectivity index (χ1n) is 8.66. The number of ether oxygens (including phenoxy) is 2. The van der Waals surface area contributed by atoms with Crippen molar-refractivity contribution in [2.45, 2.75) is 19.4 Å². The standard InChI is InChI=1S/C21H17ClN4O2/c1-12-18-19(17(10-23)20(24)28-21(18)26-25-12)14-3-2-4-16(9-14)27-11-13-5-7-15(22)8-6-13/h2-9,19H,11,24H2,1H3,(H,25,26)/t19-/m1/s1. The number of hydrogen-bond acceptors (Lipinski definition) is 5. The number of nitrogens with one attached hydrogen (secondary N) is 1. The van der Waals surface area contributed by atoms with Gasteiger partial charge in [-0.15, -0.1) is 5.10 Å². The van der Waals surface area contributed by atoms with Crippen LogP contribution in [0.25, 0.3) is 0 Å². The fourth-order valence-electron chi connectivity index (χ4n) is 3.26. The lowest BCUT2D eigenvalue weighted by Gasteiger charge is -2.24. The first-order valence-corrected chi connectivity index (χ1v) is 9.04. The van der Waals surface area contributed by atoms with Crippen molar-refractivity contribution in [3.05, 3.63) is 87.4 Å². The molecule has 0 unspecified atom stereocenters. The van der Waals surface area contributed by atoms with Gasteiger partial charge in [-0.2, -0.15) is 5.26 Å². The van der Waals surface area contributed by atoms with E-state index in [1.807, 2.05) is 55.5 Å².